The number of aliphatic imine (C=N–C) groups is 1. The Morgan fingerprint density at radius 2 is 2.17 bits per heavy atom. The fraction of sp³-hybridized carbons (Fsp3) is 0.875. The average Bonchev–Trinajstić information content (AvgIpc) is 2.09. The van der Waals surface area contributed by atoms with Crippen molar-refractivity contribution < 1.29 is 0 Å². The van der Waals surface area contributed by atoms with Gasteiger partial charge in [0.05, 0.1) is 28.9 Å². The molecule has 1 aliphatic carbocycles. The standard InChI is InChI=1S/C8H16IN3/c1-6(12-9)11-8-5-3-2-4-7(8)10/h7-8H,2-5,10H2,1H3,(H,11,12)/t7-,8+/m0/s1. The maximum Gasteiger partial charge on any atom is 0.102 e. The van der Waals surface area contributed by atoms with E-state index in [1.165, 1.54) is 12.8 Å². The highest BCUT2D eigenvalue weighted by atomic mass is 127. The molecule has 2 atom stereocenters. The minimum atomic E-state index is 0.276. The molecule has 1 aliphatic rings. The van der Waals surface area contributed by atoms with Crippen LogP contribution >= 0.6 is 22.9 Å². The lowest BCUT2D eigenvalue weighted by atomic mass is 9.91. The van der Waals surface area contributed by atoms with Crippen molar-refractivity contribution in [2.24, 2.45) is 10.7 Å². The van der Waals surface area contributed by atoms with Crippen LogP contribution in [0.15, 0.2) is 4.99 Å². The van der Waals surface area contributed by atoms with E-state index in [0.717, 1.165) is 18.7 Å². The molecule has 0 unspecified atom stereocenters. The number of amidine groups is 1. The normalized spacial score (nSPS) is 31.8. The SMILES string of the molecule is CC(=N[C@@H]1CCCC[C@@H]1N)NI. The molecule has 4 heteroatoms. The van der Waals surface area contributed by atoms with E-state index in [0.29, 0.717) is 6.04 Å². The summed E-state index contributed by atoms with van der Waals surface area (Å²) >= 11 is 2.10. The molecule has 0 spiro atoms. The predicted molar refractivity (Wildman–Crippen MR) is 60.5 cm³/mol. The smallest absolute Gasteiger partial charge is 0.102 e. The summed E-state index contributed by atoms with van der Waals surface area (Å²) in [6, 6.07) is 0.625. The van der Waals surface area contributed by atoms with Crippen LogP contribution in [0.5, 0.6) is 0 Å². The molecule has 0 amide bonds. The molecule has 0 aromatic carbocycles. The lowest BCUT2D eigenvalue weighted by Gasteiger charge is -2.25. The minimum absolute atomic E-state index is 0.276. The second kappa shape index (κ2) is 5.01. The molecule has 1 fully saturated rings. The first-order valence-corrected chi connectivity index (χ1v) is 5.48. The number of rotatable bonds is 1. The van der Waals surface area contributed by atoms with Gasteiger partial charge in [0.25, 0.3) is 0 Å². The summed E-state index contributed by atoms with van der Waals surface area (Å²) < 4.78 is 3.00. The fourth-order valence-electron chi connectivity index (χ4n) is 1.57. The Morgan fingerprint density at radius 1 is 1.50 bits per heavy atom. The summed E-state index contributed by atoms with van der Waals surface area (Å²) in [6.07, 6.45) is 4.82. The van der Waals surface area contributed by atoms with Crippen LogP contribution in [-0.2, 0) is 0 Å². The van der Waals surface area contributed by atoms with E-state index in [2.05, 4.69) is 31.4 Å². The van der Waals surface area contributed by atoms with E-state index in [-0.39, 0.29) is 6.04 Å². The van der Waals surface area contributed by atoms with Gasteiger partial charge < -0.3 is 9.26 Å². The van der Waals surface area contributed by atoms with Crippen molar-refractivity contribution in [3.05, 3.63) is 0 Å². The van der Waals surface area contributed by atoms with Gasteiger partial charge in [0, 0.05) is 6.04 Å². The minimum Gasteiger partial charge on any atom is -0.326 e. The van der Waals surface area contributed by atoms with Crippen molar-refractivity contribution in [3.8, 4) is 0 Å². The summed E-state index contributed by atoms with van der Waals surface area (Å²) in [5, 5.41) is 0. The van der Waals surface area contributed by atoms with Gasteiger partial charge in [-0.05, 0) is 19.8 Å². The third-order valence-corrected chi connectivity index (χ3v) is 3.06. The molecule has 0 heterocycles. The zero-order valence-electron chi connectivity index (χ0n) is 7.39. The van der Waals surface area contributed by atoms with Crippen molar-refractivity contribution in [1.29, 1.82) is 0 Å². The molecular formula is C8H16IN3. The third-order valence-electron chi connectivity index (χ3n) is 2.28. The van der Waals surface area contributed by atoms with Crippen molar-refractivity contribution in [2.75, 3.05) is 0 Å². The number of hydrogen-bond donors (Lipinski definition) is 2. The summed E-state index contributed by atoms with van der Waals surface area (Å²) in [5.41, 5.74) is 5.94. The first kappa shape index (κ1) is 10.2. The zero-order valence-corrected chi connectivity index (χ0v) is 9.54. The summed E-state index contributed by atoms with van der Waals surface area (Å²) in [4.78, 5) is 4.51. The van der Waals surface area contributed by atoms with Crippen LogP contribution in [0.3, 0.4) is 0 Å². The van der Waals surface area contributed by atoms with Gasteiger partial charge in [-0.3, -0.25) is 4.99 Å². The molecule has 0 bridgehead atoms. The van der Waals surface area contributed by atoms with Crippen LogP contribution in [-0.4, -0.2) is 17.9 Å². The predicted octanol–water partition coefficient (Wildman–Crippen LogP) is 1.61. The van der Waals surface area contributed by atoms with Crippen LogP contribution in [0.25, 0.3) is 0 Å². The van der Waals surface area contributed by atoms with Crippen LogP contribution in [0.4, 0.5) is 0 Å². The molecule has 12 heavy (non-hydrogen) atoms. The number of nitrogens with zero attached hydrogens (tertiary/aromatic N) is 1. The maximum absolute atomic E-state index is 5.94. The molecule has 1 rings (SSSR count). The molecule has 0 saturated heterocycles. The van der Waals surface area contributed by atoms with Crippen molar-refractivity contribution >= 4 is 28.7 Å². The van der Waals surface area contributed by atoms with Crippen LogP contribution < -0.4 is 9.26 Å². The Labute approximate surface area is 87.7 Å². The first-order chi connectivity index (χ1) is 5.74. The van der Waals surface area contributed by atoms with Crippen molar-refractivity contribution in [1.82, 2.24) is 3.53 Å². The highest BCUT2D eigenvalue weighted by molar-refractivity contribution is 14.1. The number of nitrogens with two attached hydrogens (primary N) is 1. The van der Waals surface area contributed by atoms with Gasteiger partial charge in [-0.1, -0.05) is 12.8 Å². The Hall–Kier alpha value is 0.160. The Bertz CT molecular complexity index is 170. The van der Waals surface area contributed by atoms with Gasteiger partial charge in [0.15, 0.2) is 0 Å². The molecule has 0 radical (unpaired) electrons. The number of nitrogens with one attached hydrogen (secondary N) is 1. The Kier molecular flexibility index (Phi) is 4.28. The molecule has 0 aliphatic heterocycles. The first-order valence-electron chi connectivity index (χ1n) is 4.40. The van der Waals surface area contributed by atoms with Crippen molar-refractivity contribution in [2.45, 2.75) is 44.7 Å². The zero-order chi connectivity index (χ0) is 8.97. The lowest BCUT2D eigenvalue weighted by molar-refractivity contribution is 0.386. The molecule has 3 nitrogen and oxygen atoms in total. The fourth-order valence-corrected chi connectivity index (χ4v) is 1.71. The van der Waals surface area contributed by atoms with Crippen LogP contribution in [0, 0.1) is 0 Å². The van der Waals surface area contributed by atoms with Gasteiger partial charge in [-0.15, -0.1) is 0 Å². The van der Waals surface area contributed by atoms with E-state index in [1.54, 1.807) is 0 Å². The number of halogens is 1. The van der Waals surface area contributed by atoms with Gasteiger partial charge in [-0.25, -0.2) is 0 Å². The highest BCUT2D eigenvalue weighted by Crippen LogP contribution is 2.19. The van der Waals surface area contributed by atoms with Crippen LogP contribution in [0.2, 0.25) is 0 Å². The second-order valence-electron chi connectivity index (χ2n) is 3.32. The molecule has 70 valence electrons. The highest BCUT2D eigenvalue weighted by Gasteiger charge is 2.20. The Morgan fingerprint density at radius 3 is 2.75 bits per heavy atom. The lowest BCUT2D eigenvalue weighted by Crippen LogP contribution is -2.37. The van der Waals surface area contributed by atoms with E-state index in [4.69, 9.17) is 5.73 Å². The second-order valence-corrected chi connectivity index (χ2v) is 3.86. The van der Waals surface area contributed by atoms with Gasteiger partial charge in [0.2, 0.25) is 0 Å². The number of hydrogen-bond acceptors (Lipinski definition) is 2. The maximum atomic E-state index is 5.94. The summed E-state index contributed by atoms with van der Waals surface area (Å²) in [5.74, 6) is 0.984. The molecule has 0 aromatic rings. The van der Waals surface area contributed by atoms with Crippen LogP contribution in [0.1, 0.15) is 32.6 Å². The van der Waals surface area contributed by atoms with E-state index in [9.17, 15) is 0 Å². The average molecular weight is 281 g/mol. The quantitative estimate of drug-likeness (QED) is 0.332. The topological polar surface area (TPSA) is 50.4 Å². The summed E-state index contributed by atoms with van der Waals surface area (Å²) in [7, 11) is 0. The van der Waals surface area contributed by atoms with Gasteiger partial charge in [-0.2, -0.15) is 0 Å². The molecule has 1 saturated carbocycles. The molecule has 0 aromatic heterocycles. The van der Waals surface area contributed by atoms with E-state index < -0.39 is 0 Å². The summed E-state index contributed by atoms with van der Waals surface area (Å²) in [6.45, 7) is 1.98. The Balaban J connectivity index is 2.48. The molecule has 3 N–H and O–H groups in total. The third kappa shape index (κ3) is 2.90. The largest absolute Gasteiger partial charge is 0.326 e. The molecular weight excluding hydrogens is 265 g/mol. The van der Waals surface area contributed by atoms with E-state index in [1.807, 2.05) is 6.92 Å². The van der Waals surface area contributed by atoms with E-state index >= 15 is 0 Å². The van der Waals surface area contributed by atoms with Crippen molar-refractivity contribution in [3.63, 3.8) is 0 Å². The monoisotopic (exact) mass is 281 g/mol. The van der Waals surface area contributed by atoms with Gasteiger partial charge in [0.1, 0.15) is 5.84 Å². The van der Waals surface area contributed by atoms with Gasteiger partial charge >= 0.3 is 0 Å².